The van der Waals surface area contributed by atoms with Crippen molar-refractivity contribution >= 4 is 23.7 Å². The van der Waals surface area contributed by atoms with Crippen molar-refractivity contribution in [1.82, 2.24) is 20.4 Å². The van der Waals surface area contributed by atoms with E-state index in [1.165, 1.54) is 18.0 Å². The molecule has 4 atom stereocenters. The van der Waals surface area contributed by atoms with Gasteiger partial charge in [0.05, 0.1) is 30.2 Å². The second-order valence-electron chi connectivity index (χ2n) is 6.54. The van der Waals surface area contributed by atoms with E-state index in [1.807, 2.05) is 6.92 Å². The number of nitrogens with zero attached hydrogens (tertiary/aromatic N) is 2. The third-order valence-corrected chi connectivity index (χ3v) is 6.09. The summed E-state index contributed by atoms with van der Waals surface area (Å²) in [5, 5.41) is 6.30. The van der Waals surface area contributed by atoms with E-state index in [9.17, 15) is 14.0 Å². The third-order valence-electron chi connectivity index (χ3n) is 4.90. The number of halogens is 1. The molecule has 0 bridgehead atoms. The Morgan fingerprint density at radius 2 is 1.96 bits per heavy atom. The first-order valence-electron chi connectivity index (χ1n) is 8.96. The Labute approximate surface area is 162 Å². The van der Waals surface area contributed by atoms with E-state index in [0.717, 1.165) is 4.90 Å². The SMILES string of the molecule is CCOCCSC1NC(c2ccccc2F)NC2C1C(=O)N(C)C(=O)N2C. The van der Waals surface area contributed by atoms with Gasteiger partial charge in [0.1, 0.15) is 5.82 Å². The van der Waals surface area contributed by atoms with Gasteiger partial charge >= 0.3 is 6.03 Å². The van der Waals surface area contributed by atoms with E-state index in [2.05, 4.69) is 10.6 Å². The van der Waals surface area contributed by atoms with Gasteiger partial charge in [0, 0.05) is 32.0 Å². The van der Waals surface area contributed by atoms with Crippen LogP contribution in [0.1, 0.15) is 18.7 Å². The van der Waals surface area contributed by atoms with Crippen LogP contribution in [0.5, 0.6) is 0 Å². The van der Waals surface area contributed by atoms with Crippen LogP contribution in [0.15, 0.2) is 24.3 Å². The molecule has 0 aliphatic carbocycles. The first kappa shape index (κ1) is 20.1. The molecule has 0 aromatic heterocycles. The molecular formula is C18H25FN4O3S. The van der Waals surface area contributed by atoms with E-state index < -0.39 is 18.2 Å². The highest BCUT2D eigenvalue weighted by atomic mass is 32.2. The van der Waals surface area contributed by atoms with E-state index >= 15 is 0 Å². The summed E-state index contributed by atoms with van der Waals surface area (Å²) < 4.78 is 19.7. The monoisotopic (exact) mass is 396 g/mol. The van der Waals surface area contributed by atoms with Gasteiger partial charge in [0.2, 0.25) is 5.91 Å². The first-order valence-corrected chi connectivity index (χ1v) is 10.0. The number of carbonyl (C=O) groups excluding carboxylic acids is 2. The van der Waals surface area contributed by atoms with Gasteiger partial charge in [0.25, 0.3) is 0 Å². The lowest BCUT2D eigenvalue weighted by molar-refractivity contribution is -0.140. The Bertz CT molecular complexity index is 707. The summed E-state index contributed by atoms with van der Waals surface area (Å²) in [6.07, 6.45) is -1.03. The highest BCUT2D eigenvalue weighted by Gasteiger charge is 2.51. The number of amides is 3. The van der Waals surface area contributed by atoms with Gasteiger partial charge in [-0.05, 0) is 13.0 Å². The average Bonchev–Trinajstić information content (AvgIpc) is 2.67. The first-order chi connectivity index (χ1) is 13.0. The zero-order valence-corrected chi connectivity index (χ0v) is 16.5. The Hall–Kier alpha value is -1.68. The van der Waals surface area contributed by atoms with Crippen LogP contribution in [0.4, 0.5) is 9.18 Å². The second kappa shape index (κ2) is 8.55. The number of urea groups is 1. The number of carbonyl (C=O) groups is 2. The molecule has 2 heterocycles. The van der Waals surface area contributed by atoms with Crippen LogP contribution < -0.4 is 10.6 Å². The van der Waals surface area contributed by atoms with Crippen LogP contribution in [-0.2, 0) is 9.53 Å². The summed E-state index contributed by atoms with van der Waals surface area (Å²) in [6, 6.07) is 6.12. The second-order valence-corrected chi connectivity index (χ2v) is 7.79. The molecule has 27 heavy (non-hydrogen) atoms. The van der Waals surface area contributed by atoms with Crippen LogP contribution in [0.3, 0.4) is 0 Å². The maximum absolute atomic E-state index is 14.3. The Balaban J connectivity index is 1.87. The fraction of sp³-hybridized carbons (Fsp3) is 0.556. The maximum Gasteiger partial charge on any atom is 0.327 e. The number of thioether (sulfide) groups is 1. The fourth-order valence-corrected chi connectivity index (χ4v) is 4.64. The highest BCUT2D eigenvalue weighted by Crippen LogP contribution is 2.34. The number of hydrogen-bond acceptors (Lipinski definition) is 6. The van der Waals surface area contributed by atoms with Crippen molar-refractivity contribution in [2.45, 2.75) is 24.6 Å². The van der Waals surface area contributed by atoms with E-state index in [4.69, 9.17) is 4.74 Å². The molecule has 2 N–H and O–H groups in total. The van der Waals surface area contributed by atoms with Gasteiger partial charge in [-0.25, -0.2) is 9.18 Å². The zero-order chi connectivity index (χ0) is 19.6. The molecule has 0 saturated carbocycles. The molecule has 2 aliphatic rings. The number of fused-ring (bicyclic) bond motifs is 1. The predicted octanol–water partition coefficient (Wildman–Crippen LogP) is 1.58. The minimum Gasteiger partial charge on any atom is -0.381 e. The van der Waals surface area contributed by atoms with E-state index in [1.54, 1.807) is 37.0 Å². The Morgan fingerprint density at radius 3 is 2.67 bits per heavy atom. The van der Waals surface area contributed by atoms with Crippen LogP contribution in [-0.4, -0.2) is 66.3 Å². The largest absolute Gasteiger partial charge is 0.381 e. The minimum atomic E-state index is -0.517. The number of hydrogen-bond donors (Lipinski definition) is 2. The highest BCUT2D eigenvalue weighted by molar-refractivity contribution is 7.99. The maximum atomic E-state index is 14.3. The molecule has 0 spiro atoms. The summed E-state index contributed by atoms with van der Waals surface area (Å²) in [4.78, 5) is 27.8. The van der Waals surface area contributed by atoms with Crippen LogP contribution >= 0.6 is 11.8 Å². The van der Waals surface area contributed by atoms with Gasteiger partial charge in [-0.1, -0.05) is 18.2 Å². The predicted molar refractivity (Wildman–Crippen MR) is 101 cm³/mol. The summed E-state index contributed by atoms with van der Waals surface area (Å²) >= 11 is 1.55. The number of ether oxygens (including phenoxy) is 1. The normalized spacial score (nSPS) is 28.4. The average molecular weight is 396 g/mol. The molecule has 2 fully saturated rings. The van der Waals surface area contributed by atoms with Crippen molar-refractivity contribution < 1.29 is 18.7 Å². The lowest BCUT2D eigenvalue weighted by atomic mass is 9.96. The third kappa shape index (κ3) is 3.96. The number of imide groups is 1. The van der Waals surface area contributed by atoms with Crippen molar-refractivity contribution in [2.75, 3.05) is 33.1 Å². The molecule has 7 nitrogen and oxygen atoms in total. The molecule has 0 radical (unpaired) electrons. The lowest BCUT2D eigenvalue weighted by Gasteiger charge is -2.50. The van der Waals surface area contributed by atoms with Gasteiger partial charge in [-0.15, -0.1) is 11.8 Å². The van der Waals surface area contributed by atoms with Gasteiger partial charge in [-0.2, -0.15) is 0 Å². The van der Waals surface area contributed by atoms with Crippen LogP contribution in [0.25, 0.3) is 0 Å². The quantitative estimate of drug-likeness (QED) is 0.712. The van der Waals surface area contributed by atoms with Crippen LogP contribution in [0, 0.1) is 11.7 Å². The number of benzene rings is 1. The van der Waals surface area contributed by atoms with Crippen molar-refractivity contribution in [2.24, 2.45) is 5.92 Å². The molecule has 1 aromatic carbocycles. The summed E-state index contributed by atoms with van der Waals surface area (Å²) in [6.45, 7) is 3.12. The van der Waals surface area contributed by atoms with E-state index in [-0.39, 0.29) is 23.1 Å². The number of rotatable bonds is 6. The summed E-state index contributed by atoms with van der Waals surface area (Å²) in [5.41, 5.74) is 0.457. The Morgan fingerprint density at radius 1 is 1.22 bits per heavy atom. The zero-order valence-electron chi connectivity index (χ0n) is 15.6. The minimum absolute atomic E-state index is 0.246. The standard InChI is InChI=1S/C18H25FN4O3S/c1-4-26-9-10-27-16-13-15(22(2)18(25)23(3)17(13)24)20-14(21-16)11-7-5-6-8-12(11)19/h5-8,13-16,20-21H,4,9-10H2,1-3H3. The molecular weight excluding hydrogens is 371 g/mol. The molecule has 2 saturated heterocycles. The molecule has 9 heteroatoms. The van der Waals surface area contributed by atoms with Gasteiger partial charge in [0.15, 0.2) is 0 Å². The summed E-state index contributed by atoms with van der Waals surface area (Å²) in [7, 11) is 3.14. The molecule has 4 unspecified atom stereocenters. The van der Waals surface area contributed by atoms with Crippen molar-refractivity contribution in [1.29, 1.82) is 0 Å². The van der Waals surface area contributed by atoms with Gasteiger partial charge < -0.3 is 9.64 Å². The Kier molecular flexibility index (Phi) is 6.36. The molecule has 1 aromatic rings. The van der Waals surface area contributed by atoms with Crippen molar-refractivity contribution in [3.63, 3.8) is 0 Å². The molecule has 3 rings (SSSR count). The molecule has 148 valence electrons. The van der Waals surface area contributed by atoms with Crippen molar-refractivity contribution in [3.8, 4) is 0 Å². The molecule has 3 amide bonds. The summed E-state index contributed by atoms with van der Waals surface area (Å²) in [5.74, 6) is -0.378. The topological polar surface area (TPSA) is 73.9 Å². The smallest absolute Gasteiger partial charge is 0.327 e. The van der Waals surface area contributed by atoms with E-state index in [0.29, 0.717) is 24.5 Å². The van der Waals surface area contributed by atoms with Gasteiger partial charge in [-0.3, -0.25) is 20.3 Å². The number of nitrogens with one attached hydrogen (secondary N) is 2. The van der Waals surface area contributed by atoms with Crippen LogP contribution in [0.2, 0.25) is 0 Å². The lowest BCUT2D eigenvalue weighted by Crippen LogP contribution is -2.72. The fourth-order valence-electron chi connectivity index (χ4n) is 3.47. The molecule has 2 aliphatic heterocycles. The van der Waals surface area contributed by atoms with Crippen molar-refractivity contribution in [3.05, 3.63) is 35.6 Å².